The molecule has 1 amide bonds. The van der Waals surface area contributed by atoms with E-state index in [2.05, 4.69) is 45.5 Å². The molecule has 0 N–H and O–H groups in total. The number of carbonyl (C=O) groups is 1. The molecule has 2 aromatic rings. The largest absolute Gasteiger partial charge is 0.342 e. The van der Waals surface area contributed by atoms with Gasteiger partial charge in [-0.05, 0) is 31.2 Å². The summed E-state index contributed by atoms with van der Waals surface area (Å²) in [4.78, 5) is 15.4. The molecular weight excluding hydrogens is 324 g/mol. The summed E-state index contributed by atoms with van der Waals surface area (Å²) in [6.45, 7) is 0. The normalized spacial score (nSPS) is 25.5. The summed E-state index contributed by atoms with van der Waals surface area (Å²) in [6.07, 6.45) is 7.26. The van der Waals surface area contributed by atoms with Crippen LogP contribution in [-0.2, 0) is 24.7 Å². The van der Waals surface area contributed by atoms with E-state index in [1.54, 1.807) is 0 Å². The van der Waals surface area contributed by atoms with Crippen molar-refractivity contribution in [3.05, 3.63) is 47.3 Å². The van der Waals surface area contributed by atoms with E-state index in [4.69, 9.17) is 0 Å². The number of carbonyl (C=O) groups excluding carboxylic acids is 1. The third-order valence-electron chi connectivity index (χ3n) is 6.34. The number of nitrogens with zero attached hydrogens (tertiary/aromatic N) is 4. The minimum Gasteiger partial charge on any atom is -0.342 e. The fraction of sp³-hybridized carbons (Fsp3) is 0.571. The average molecular weight is 352 g/mol. The minimum atomic E-state index is 0.0584. The molecule has 0 aliphatic heterocycles. The Bertz CT molecular complexity index is 770. The van der Waals surface area contributed by atoms with Crippen LogP contribution < -0.4 is 0 Å². The second-order valence-corrected chi connectivity index (χ2v) is 7.86. The minimum absolute atomic E-state index is 0.0584. The zero-order valence-corrected chi connectivity index (χ0v) is 15.8. The van der Waals surface area contributed by atoms with Gasteiger partial charge in [-0.2, -0.15) is 0 Å². The molecular formula is C21H28N4O. The number of likely N-dealkylation sites (N-methyl/N-ethyl adjacent to an activating group) is 1. The lowest BCUT2D eigenvalue weighted by molar-refractivity contribution is -0.137. The molecule has 0 saturated heterocycles. The molecule has 2 aliphatic rings. The summed E-state index contributed by atoms with van der Waals surface area (Å²) in [7, 11) is 3.94. The van der Waals surface area contributed by atoms with Crippen molar-refractivity contribution in [1.82, 2.24) is 19.9 Å². The van der Waals surface area contributed by atoms with Gasteiger partial charge in [-0.25, -0.2) is 0 Å². The van der Waals surface area contributed by atoms with E-state index >= 15 is 0 Å². The van der Waals surface area contributed by atoms with Crippen LogP contribution in [0.25, 0.3) is 0 Å². The topological polar surface area (TPSA) is 51.0 Å². The van der Waals surface area contributed by atoms with Gasteiger partial charge in [-0.3, -0.25) is 9.48 Å². The van der Waals surface area contributed by atoms with Crippen LogP contribution in [0.5, 0.6) is 0 Å². The molecule has 1 saturated carbocycles. The number of hydrogen-bond donors (Lipinski definition) is 0. The van der Waals surface area contributed by atoms with Crippen LogP contribution in [0.3, 0.4) is 0 Å². The Kier molecular flexibility index (Phi) is 4.79. The summed E-state index contributed by atoms with van der Waals surface area (Å²) in [5, 5.41) is 8.34. The van der Waals surface area contributed by atoms with Crippen molar-refractivity contribution in [2.45, 2.75) is 56.9 Å². The SMILES string of the molecule is CN(C(=O)C1CCc2nnn(C)c2C1)C1CCCCC1c1ccccc1. The van der Waals surface area contributed by atoms with E-state index in [1.165, 1.54) is 24.8 Å². The fourth-order valence-corrected chi connectivity index (χ4v) is 4.84. The van der Waals surface area contributed by atoms with E-state index in [9.17, 15) is 4.79 Å². The Morgan fingerprint density at radius 1 is 1.15 bits per heavy atom. The average Bonchev–Trinajstić information content (AvgIpc) is 3.08. The number of rotatable bonds is 3. The van der Waals surface area contributed by atoms with Crippen molar-refractivity contribution in [2.75, 3.05) is 7.05 Å². The van der Waals surface area contributed by atoms with Crippen LogP contribution >= 0.6 is 0 Å². The van der Waals surface area contributed by atoms with Crippen molar-refractivity contribution in [1.29, 1.82) is 0 Å². The summed E-state index contributed by atoms with van der Waals surface area (Å²) >= 11 is 0. The highest BCUT2D eigenvalue weighted by atomic mass is 16.2. The molecule has 1 aromatic carbocycles. The zero-order chi connectivity index (χ0) is 18.1. The first-order chi connectivity index (χ1) is 12.6. The van der Waals surface area contributed by atoms with Gasteiger partial charge in [0.25, 0.3) is 0 Å². The van der Waals surface area contributed by atoms with Crippen LogP contribution in [0.15, 0.2) is 30.3 Å². The van der Waals surface area contributed by atoms with Crippen LogP contribution in [0.4, 0.5) is 0 Å². The number of fused-ring (bicyclic) bond motifs is 1. The Morgan fingerprint density at radius 2 is 1.92 bits per heavy atom. The molecule has 3 atom stereocenters. The number of benzene rings is 1. The molecule has 4 rings (SSSR count). The van der Waals surface area contributed by atoms with Crippen LogP contribution in [0, 0.1) is 5.92 Å². The fourth-order valence-electron chi connectivity index (χ4n) is 4.84. The number of aryl methyl sites for hydroxylation is 2. The van der Waals surface area contributed by atoms with Gasteiger partial charge in [0.05, 0.1) is 11.4 Å². The Hall–Kier alpha value is -2.17. The molecule has 0 radical (unpaired) electrons. The molecule has 3 unspecified atom stereocenters. The van der Waals surface area contributed by atoms with Crippen LogP contribution in [0.2, 0.25) is 0 Å². The molecule has 0 bridgehead atoms. The number of aromatic nitrogens is 3. The van der Waals surface area contributed by atoms with E-state index in [1.807, 2.05) is 18.8 Å². The van der Waals surface area contributed by atoms with Gasteiger partial charge in [0.2, 0.25) is 5.91 Å². The first kappa shape index (κ1) is 17.3. The van der Waals surface area contributed by atoms with Gasteiger partial charge >= 0.3 is 0 Å². The quantitative estimate of drug-likeness (QED) is 0.853. The molecule has 1 fully saturated rings. The van der Waals surface area contributed by atoms with Gasteiger partial charge in [0.1, 0.15) is 0 Å². The summed E-state index contributed by atoms with van der Waals surface area (Å²) in [5.41, 5.74) is 3.57. The van der Waals surface area contributed by atoms with Gasteiger partial charge in [0, 0.05) is 38.4 Å². The second kappa shape index (κ2) is 7.22. The van der Waals surface area contributed by atoms with E-state index in [0.717, 1.165) is 37.1 Å². The molecule has 5 nitrogen and oxygen atoms in total. The van der Waals surface area contributed by atoms with Crippen molar-refractivity contribution < 1.29 is 4.79 Å². The smallest absolute Gasteiger partial charge is 0.226 e. The highest BCUT2D eigenvalue weighted by Gasteiger charge is 2.36. The number of hydrogen-bond acceptors (Lipinski definition) is 3. The monoisotopic (exact) mass is 352 g/mol. The summed E-state index contributed by atoms with van der Waals surface area (Å²) in [5.74, 6) is 0.809. The van der Waals surface area contributed by atoms with Gasteiger partial charge in [-0.15, -0.1) is 5.10 Å². The Morgan fingerprint density at radius 3 is 2.73 bits per heavy atom. The van der Waals surface area contributed by atoms with Gasteiger partial charge in [0.15, 0.2) is 0 Å². The highest BCUT2D eigenvalue weighted by molar-refractivity contribution is 5.79. The molecule has 1 heterocycles. The van der Waals surface area contributed by atoms with Crippen molar-refractivity contribution in [3.8, 4) is 0 Å². The first-order valence-electron chi connectivity index (χ1n) is 9.84. The van der Waals surface area contributed by atoms with Crippen LogP contribution in [0.1, 0.15) is 55.0 Å². The van der Waals surface area contributed by atoms with E-state index < -0.39 is 0 Å². The number of amides is 1. The van der Waals surface area contributed by atoms with Crippen LogP contribution in [-0.4, -0.2) is 38.9 Å². The molecule has 26 heavy (non-hydrogen) atoms. The maximum absolute atomic E-state index is 13.3. The summed E-state index contributed by atoms with van der Waals surface area (Å²) < 4.78 is 1.84. The lowest BCUT2D eigenvalue weighted by Gasteiger charge is -2.40. The van der Waals surface area contributed by atoms with Gasteiger partial charge in [-0.1, -0.05) is 48.4 Å². The third kappa shape index (κ3) is 3.15. The standard InChI is InChI=1S/C21H28N4O/c1-24(19-11-7-6-10-17(19)15-8-4-3-5-9-15)21(26)16-12-13-18-20(14-16)25(2)23-22-18/h3-5,8-9,16-17,19H,6-7,10-14H2,1-2H3. The molecule has 5 heteroatoms. The van der Waals surface area contributed by atoms with Crippen molar-refractivity contribution in [3.63, 3.8) is 0 Å². The van der Waals surface area contributed by atoms with Crippen molar-refractivity contribution in [2.24, 2.45) is 13.0 Å². The molecule has 0 spiro atoms. The predicted octanol–water partition coefficient (Wildman–Crippen LogP) is 3.10. The lowest BCUT2D eigenvalue weighted by atomic mass is 9.78. The van der Waals surface area contributed by atoms with Crippen molar-refractivity contribution >= 4 is 5.91 Å². The zero-order valence-electron chi connectivity index (χ0n) is 15.8. The van der Waals surface area contributed by atoms with E-state index in [0.29, 0.717) is 17.9 Å². The lowest BCUT2D eigenvalue weighted by Crippen LogP contribution is -2.46. The molecule has 1 aromatic heterocycles. The van der Waals surface area contributed by atoms with Gasteiger partial charge < -0.3 is 4.90 Å². The first-order valence-corrected chi connectivity index (χ1v) is 9.84. The van der Waals surface area contributed by atoms with E-state index in [-0.39, 0.29) is 5.92 Å². The maximum atomic E-state index is 13.3. The summed E-state index contributed by atoms with van der Waals surface area (Å²) in [6, 6.07) is 11.0. The molecule has 2 aliphatic carbocycles. The third-order valence-corrected chi connectivity index (χ3v) is 6.34. The Balaban J connectivity index is 1.51. The maximum Gasteiger partial charge on any atom is 0.226 e. The molecule has 138 valence electrons. The second-order valence-electron chi connectivity index (χ2n) is 7.86. The Labute approximate surface area is 155 Å². The highest BCUT2D eigenvalue weighted by Crippen LogP contribution is 2.37. The predicted molar refractivity (Wildman–Crippen MR) is 101 cm³/mol.